The van der Waals surface area contributed by atoms with E-state index in [4.69, 9.17) is 5.73 Å². The Morgan fingerprint density at radius 2 is 2.20 bits per heavy atom. The molecule has 2 heterocycles. The van der Waals surface area contributed by atoms with Crippen LogP contribution >= 0.6 is 0 Å². The van der Waals surface area contributed by atoms with Crippen LogP contribution in [0.25, 0.3) is 0 Å². The van der Waals surface area contributed by atoms with Crippen LogP contribution in [0.15, 0.2) is 18.5 Å². The molecule has 0 saturated carbocycles. The van der Waals surface area contributed by atoms with Crippen molar-refractivity contribution in [2.45, 2.75) is 18.8 Å². The smallest absolute Gasteiger partial charge is 0.250 e. The third-order valence-electron chi connectivity index (χ3n) is 2.90. The van der Waals surface area contributed by atoms with Crippen LogP contribution in [0.2, 0.25) is 0 Å². The maximum absolute atomic E-state index is 11.2. The summed E-state index contributed by atoms with van der Waals surface area (Å²) in [6.45, 7) is 2.01. The fraction of sp³-hybridized carbons (Fsp3) is 0.455. The molecule has 4 nitrogen and oxygen atoms in total. The van der Waals surface area contributed by atoms with Crippen LogP contribution in [-0.2, 0) is 0 Å². The first-order valence-electron chi connectivity index (χ1n) is 5.23. The van der Waals surface area contributed by atoms with E-state index in [1.54, 1.807) is 12.4 Å². The van der Waals surface area contributed by atoms with E-state index in [9.17, 15) is 4.79 Å². The van der Waals surface area contributed by atoms with Crippen LogP contribution in [0.1, 0.15) is 34.7 Å². The van der Waals surface area contributed by atoms with Crippen molar-refractivity contribution in [3.05, 3.63) is 29.6 Å². The van der Waals surface area contributed by atoms with Gasteiger partial charge in [-0.1, -0.05) is 0 Å². The number of piperidine rings is 1. The number of carbonyl (C=O) groups excluding carboxylic acids is 1. The zero-order valence-corrected chi connectivity index (χ0v) is 8.57. The Kier molecular flexibility index (Phi) is 2.97. The van der Waals surface area contributed by atoms with E-state index in [1.807, 2.05) is 6.07 Å². The minimum Gasteiger partial charge on any atom is -0.366 e. The van der Waals surface area contributed by atoms with E-state index in [0.717, 1.165) is 31.5 Å². The van der Waals surface area contributed by atoms with Gasteiger partial charge in [-0.05, 0) is 43.5 Å². The largest absolute Gasteiger partial charge is 0.366 e. The van der Waals surface area contributed by atoms with Crippen molar-refractivity contribution in [3.8, 4) is 0 Å². The van der Waals surface area contributed by atoms with E-state index in [0.29, 0.717) is 11.5 Å². The zero-order valence-electron chi connectivity index (χ0n) is 8.57. The summed E-state index contributed by atoms with van der Waals surface area (Å²) < 4.78 is 0. The van der Waals surface area contributed by atoms with Gasteiger partial charge in [0.2, 0.25) is 0 Å². The number of primary amides is 1. The minimum absolute atomic E-state index is 0.378. The predicted octanol–water partition coefficient (Wildman–Crippen LogP) is 0.647. The van der Waals surface area contributed by atoms with Crippen molar-refractivity contribution in [3.63, 3.8) is 0 Å². The predicted molar refractivity (Wildman–Crippen MR) is 57.6 cm³/mol. The van der Waals surface area contributed by atoms with Gasteiger partial charge in [-0.25, -0.2) is 0 Å². The number of pyridine rings is 1. The third kappa shape index (κ3) is 2.15. The van der Waals surface area contributed by atoms with Gasteiger partial charge in [0.15, 0.2) is 0 Å². The number of hydrogen-bond donors (Lipinski definition) is 2. The van der Waals surface area contributed by atoms with Gasteiger partial charge >= 0.3 is 0 Å². The van der Waals surface area contributed by atoms with Crippen molar-refractivity contribution in [1.29, 1.82) is 0 Å². The first-order chi connectivity index (χ1) is 7.29. The number of hydrogen-bond acceptors (Lipinski definition) is 3. The molecule has 0 bridgehead atoms. The summed E-state index contributed by atoms with van der Waals surface area (Å²) >= 11 is 0. The molecule has 0 aromatic carbocycles. The Hall–Kier alpha value is -1.42. The summed E-state index contributed by atoms with van der Waals surface area (Å²) in [5.41, 5.74) is 6.95. The van der Waals surface area contributed by atoms with Crippen LogP contribution in [0.5, 0.6) is 0 Å². The second-order valence-electron chi connectivity index (χ2n) is 3.85. The van der Waals surface area contributed by atoms with Crippen molar-refractivity contribution in [2.75, 3.05) is 13.1 Å². The second kappa shape index (κ2) is 4.40. The van der Waals surface area contributed by atoms with E-state index < -0.39 is 0 Å². The molecule has 0 atom stereocenters. The number of rotatable bonds is 2. The summed E-state index contributed by atoms with van der Waals surface area (Å²) in [6, 6.07) is 1.91. The lowest BCUT2D eigenvalue weighted by atomic mass is 9.88. The van der Waals surface area contributed by atoms with Crippen LogP contribution < -0.4 is 11.1 Å². The highest BCUT2D eigenvalue weighted by Gasteiger charge is 2.19. The van der Waals surface area contributed by atoms with Gasteiger partial charge in [0, 0.05) is 12.4 Å². The summed E-state index contributed by atoms with van der Waals surface area (Å²) in [5.74, 6) is 0.0633. The van der Waals surface area contributed by atoms with E-state index >= 15 is 0 Å². The van der Waals surface area contributed by atoms with Crippen LogP contribution in [0, 0.1) is 0 Å². The van der Waals surface area contributed by atoms with Gasteiger partial charge in [0.1, 0.15) is 0 Å². The Balaban J connectivity index is 2.29. The third-order valence-corrected chi connectivity index (χ3v) is 2.90. The van der Waals surface area contributed by atoms with Crippen LogP contribution in [0.3, 0.4) is 0 Å². The van der Waals surface area contributed by atoms with Crippen molar-refractivity contribution < 1.29 is 4.79 Å². The normalized spacial score (nSPS) is 17.6. The minimum atomic E-state index is -0.378. The molecule has 1 aromatic heterocycles. The van der Waals surface area contributed by atoms with Crippen LogP contribution in [-0.4, -0.2) is 24.0 Å². The highest BCUT2D eigenvalue weighted by atomic mass is 16.1. The molecule has 2 rings (SSSR count). The van der Waals surface area contributed by atoms with Gasteiger partial charge in [0.05, 0.1) is 5.56 Å². The standard InChI is InChI=1S/C11H15N3O/c12-11(15)10-7-14-6-3-9(10)8-1-4-13-5-2-8/h3,6-8,13H,1-2,4-5H2,(H2,12,15). The summed E-state index contributed by atoms with van der Waals surface area (Å²) in [6.07, 6.45) is 5.41. The fourth-order valence-electron chi connectivity index (χ4n) is 2.10. The number of nitrogens with one attached hydrogen (secondary N) is 1. The van der Waals surface area contributed by atoms with Gasteiger partial charge in [0.25, 0.3) is 5.91 Å². The topological polar surface area (TPSA) is 68.0 Å². The Morgan fingerprint density at radius 3 is 2.87 bits per heavy atom. The SMILES string of the molecule is NC(=O)c1cnccc1C1CCNCC1. The molecule has 0 radical (unpaired) electrons. The van der Waals surface area contributed by atoms with Gasteiger partial charge < -0.3 is 11.1 Å². The van der Waals surface area contributed by atoms with E-state index in [1.165, 1.54) is 0 Å². The average Bonchev–Trinajstić information content (AvgIpc) is 2.30. The summed E-state index contributed by atoms with van der Waals surface area (Å²) in [4.78, 5) is 15.2. The molecular formula is C11H15N3O. The van der Waals surface area contributed by atoms with E-state index in [2.05, 4.69) is 10.3 Å². The molecule has 0 spiro atoms. The maximum Gasteiger partial charge on any atom is 0.250 e. The zero-order chi connectivity index (χ0) is 10.7. The molecule has 15 heavy (non-hydrogen) atoms. The average molecular weight is 205 g/mol. The quantitative estimate of drug-likeness (QED) is 0.744. The Labute approximate surface area is 88.9 Å². The molecule has 80 valence electrons. The number of amides is 1. The first-order valence-corrected chi connectivity index (χ1v) is 5.23. The highest BCUT2D eigenvalue weighted by molar-refractivity contribution is 5.94. The molecular weight excluding hydrogens is 190 g/mol. The maximum atomic E-state index is 11.2. The molecule has 1 aromatic rings. The van der Waals surface area contributed by atoms with Crippen molar-refractivity contribution >= 4 is 5.91 Å². The lowest BCUT2D eigenvalue weighted by Crippen LogP contribution is -2.28. The molecule has 3 N–H and O–H groups in total. The summed E-state index contributed by atoms with van der Waals surface area (Å²) in [7, 11) is 0. The number of carbonyl (C=O) groups is 1. The molecule has 1 fully saturated rings. The van der Waals surface area contributed by atoms with Crippen LogP contribution in [0.4, 0.5) is 0 Å². The number of nitrogens with two attached hydrogens (primary N) is 1. The lowest BCUT2D eigenvalue weighted by Gasteiger charge is -2.24. The van der Waals surface area contributed by atoms with Gasteiger partial charge in [-0.2, -0.15) is 0 Å². The fourth-order valence-corrected chi connectivity index (χ4v) is 2.10. The van der Waals surface area contributed by atoms with E-state index in [-0.39, 0.29) is 5.91 Å². The lowest BCUT2D eigenvalue weighted by molar-refractivity contribution is 0.0998. The molecule has 4 heteroatoms. The molecule has 0 aliphatic carbocycles. The Bertz CT molecular complexity index is 359. The first kappa shape index (κ1) is 10.1. The molecule has 1 aliphatic rings. The number of nitrogens with zero attached hydrogens (tertiary/aromatic N) is 1. The molecule has 1 saturated heterocycles. The molecule has 1 amide bonds. The monoisotopic (exact) mass is 205 g/mol. The number of aromatic nitrogens is 1. The van der Waals surface area contributed by atoms with Crippen molar-refractivity contribution in [2.24, 2.45) is 5.73 Å². The summed E-state index contributed by atoms with van der Waals surface area (Å²) in [5, 5.41) is 3.30. The Morgan fingerprint density at radius 1 is 1.47 bits per heavy atom. The van der Waals surface area contributed by atoms with Crippen molar-refractivity contribution in [1.82, 2.24) is 10.3 Å². The molecule has 0 unspecified atom stereocenters. The van der Waals surface area contributed by atoms with Gasteiger partial charge in [-0.15, -0.1) is 0 Å². The molecule has 1 aliphatic heterocycles. The van der Waals surface area contributed by atoms with Gasteiger partial charge in [-0.3, -0.25) is 9.78 Å². The highest BCUT2D eigenvalue weighted by Crippen LogP contribution is 2.27. The second-order valence-corrected chi connectivity index (χ2v) is 3.85.